The molecule has 8 heteroatoms. The highest BCUT2D eigenvalue weighted by atomic mass is 32.2. The van der Waals surface area contributed by atoms with Crippen LogP contribution < -0.4 is 19.5 Å². The lowest BCUT2D eigenvalue weighted by atomic mass is 10.1. The smallest absolute Gasteiger partial charge is 0.203 e. The standard InChI is InChI=1S/C19H32N4O3S/c1-20-19(21-6-11-27-5)23-9-7-22(8-10-23)14-15-12-16(24-2)18(26-4)17(13-15)25-3/h12-13H,6-11,14H2,1-5H3,(H,20,21). The minimum atomic E-state index is 0.633. The van der Waals surface area contributed by atoms with Gasteiger partial charge in [-0.3, -0.25) is 9.89 Å². The Morgan fingerprint density at radius 1 is 1.07 bits per heavy atom. The summed E-state index contributed by atoms with van der Waals surface area (Å²) in [5, 5.41) is 3.44. The number of ether oxygens (including phenoxy) is 3. The average molecular weight is 397 g/mol. The first kappa shape index (κ1) is 21.5. The number of hydrogen-bond acceptors (Lipinski definition) is 6. The second kappa shape index (κ2) is 11.1. The summed E-state index contributed by atoms with van der Waals surface area (Å²) >= 11 is 1.84. The summed E-state index contributed by atoms with van der Waals surface area (Å²) in [4.78, 5) is 9.18. The number of guanidine groups is 1. The molecule has 7 nitrogen and oxygen atoms in total. The van der Waals surface area contributed by atoms with Crippen molar-refractivity contribution in [3.05, 3.63) is 17.7 Å². The van der Waals surface area contributed by atoms with E-state index in [1.54, 1.807) is 21.3 Å². The Balaban J connectivity index is 1.95. The van der Waals surface area contributed by atoms with Crippen LogP contribution in [0.15, 0.2) is 17.1 Å². The summed E-state index contributed by atoms with van der Waals surface area (Å²) < 4.78 is 16.3. The molecule has 0 bridgehead atoms. The Bertz CT molecular complexity index is 594. The van der Waals surface area contributed by atoms with Gasteiger partial charge in [0.1, 0.15) is 0 Å². The normalized spacial score (nSPS) is 15.6. The van der Waals surface area contributed by atoms with E-state index in [4.69, 9.17) is 14.2 Å². The third-order valence-electron chi connectivity index (χ3n) is 4.60. The molecule has 27 heavy (non-hydrogen) atoms. The topological polar surface area (TPSA) is 58.6 Å². The predicted octanol–water partition coefficient (Wildman–Crippen LogP) is 1.77. The average Bonchev–Trinajstić information content (AvgIpc) is 2.71. The van der Waals surface area contributed by atoms with Crippen LogP contribution in [0.25, 0.3) is 0 Å². The van der Waals surface area contributed by atoms with Crippen molar-refractivity contribution in [2.24, 2.45) is 4.99 Å². The molecule has 1 aliphatic heterocycles. The zero-order chi connectivity index (χ0) is 19.6. The van der Waals surface area contributed by atoms with Crippen molar-refractivity contribution in [1.29, 1.82) is 0 Å². The van der Waals surface area contributed by atoms with Gasteiger partial charge in [0, 0.05) is 52.1 Å². The molecule has 1 N–H and O–H groups in total. The maximum absolute atomic E-state index is 5.46. The number of rotatable bonds is 8. The first-order chi connectivity index (χ1) is 13.2. The summed E-state index contributed by atoms with van der Waals surface area (Å²) in [6.45, 7) is 5.69. The van der Waals surface area contributed by atoms with Gasteiger partial charge in [0.05, 0.1) is 21.3 Å². The van der Waals surface area contributed by atoms with E-state index >= 15 is 0 Å². The fourth-order valence-electron chi connectivity index (χ4n) is 3.20. The van der Waals surface area contributed by atoms with E-state index in [0.29, 0.717) is 17.2 Å². The van der Waals surface area contributed by atoms with Gasteiger partial charge in [-0.15, -0.1) is 0 Å². The van der Waals surface area contributed by atoms with Crippen molar-refractivity contribution in [2.45, 2.75) is 6.54 Å². The SMILES string of the molecule is CN=C(NCCSC)N1CCN(Cc2cc(OC)c(OC)c(OC)c2)CC1. The number of thioether (sulfide) groups is 1. The Kier molecular flexibility index (Phi) is 8.87. The number of aliphatic imine (C=N–C) groups is 1. The molecule has 152 valence electrons. The molecule has 0 atom stereocenters. The minimum Gasteiger partial charge on any atom is -0.493 e. The summed E-state index contributed by atoms with van der Waals surface area (Å²) in [6, 6.07) is 4.05. The lowest BCUT2D eigenvalue weighted by Gasteiger charge is -2.36. The van der Waals surface area contributed by atoms with Crippen molar-refractivity contribution in [2.75, 3.05) is 73.1 Å². The van der Waals surface area contributed by atoms with Crippen molar-refractivity contribution in [3.63, 3.8) is 0 Å². The second-order valence-corrected chi connectivity index (χ2v) is 7.25. The number of benzene rings is 1. The van der Waals surface area contributed by atoms with Gasteiger partial charge in [0.2, 0.25) is 5.75 Å². The molecular weight excluding hydrogens is 364 g/mol. The highest BCUT2D eigenvalue weighted by Gasteiger charge is 2.21. The minimum absolute atomic E-state index is 0.633. The molecule has 0 aliphatic carbocycles. The van der Waals surface area contributed by atoms with Crippen LogP contribution in [0.3, 0.4) is 0 Å². The summed E-state index contributed by atoms with van der Waals surface area (Å²) in [6.07, 6.45) is 2.12. The number of piperazine rings is 1. The Hall–Kier alpha value is -1.80. The van der Waals surface area contributed by atoms with E-state index in [1.165, 1.54) is 0 Å². The van der Waals surface area contributed by atoms with Gasteiger partial charge in [-0.2, -0.15) is 11.8 Å². The molecule has 1 aromatic rings. The van der Waals surface area contributed by atoms with Crippen LogP contribution >= 0.6 is 11.8 Å². The zero-order valence-corrected chi connectivity index (χ0v) is 17.9. The molecule has 0 saturated carbocycles. The second-order valence-electron chi connectivity index (χ2n) is 6.26. The highest BCUT2D eigenvalue weighted by molar-refractivity contribution is 7.98. The number of methoxy groups -OCH3 is 3. The lowest BCUT2D eigenvalue weighted by Crippen LogP contribution is -2.52. The van der Waals surface area contributed by atoms with Gasteiger partial charge in [0.15, 0.2) is 17.5 Å². The maximum Gasteiger partial charge on any atom is 0.203 e. The summed E-state index contributed by atoms with van der Waals surface area (Å²) in [5.41, 5.74) is 1.15. The molecular formula is C19H32N4O3S. The van der Waals surface area contributed by atoms with E-state index in [2.05, 4.69) is 26.4 Å². The molecule has 1 fully saturated rings. The maximum atomic E-state index is 5.46. The Morgan fingerprint density at radius 2 is 1.70 bits per heavy atom. The zero-order valence-electron chi connectivity index (χ0n) is 17.1. The predicted molar refractivity (Wildman–Crippen MR) is 113 cm³/mol. The van der Waals surface area contributed by atoms with Gasteiger partial charge < -0.3 is 24.4 Å². The van der Waals surface area contributed by atoms with Crippen LogP contribution in [-0.4, -0.2) is 88.9 Å². The van der Waals surface area contributed by atoms with Gasteiger partial charge >= 0.3 is 0 Å². The largest absolute Gasteiger partial charge is 0.493 e. The highest BCUT2D eigenvalue weighted by Crippen LogP contribution is 2.38. The monoisotopic (exact) mass is 396 g/mol. The van der Waals surface area contributed by atoms with Gasteiger partial charge in [0.25, 0.3) is 0 Å². The van der Waals surface area contributed by atoms with Crippen LogP contribution in [0.1, 0.15) is 5.56 Å². The van der Waals surface area contributed by atoms with Crippen LogP contribution in [0.5, 0.6) is 17.2 Å². The van der Waals surface area contributed by atoms with E-state index < -0.39 is 0 Å². The number of nitrogens with one attached hydrogen (secondary N) is 1. The number of nitrogens with zero attached hydrogens (tertiary/aromatic N) is 3. The number of hydrogen-bond donors (Lipinski definition) is 1. The van der Waals surface area contributed by atoms with Crippen molar-refractivity contribution in [1.82, 2.24) is 15.1 Å². The van der Waals surface area contributed by atoms with E-state index in [0.717, 1.165) is 56.5 Å². The van der Waals surface area contributed by atoms with E-state index in [-0.39, 0.29) is 0 Å². The fraction of sp³-hybridized carbons (Fsp3) is 0.632. The first-order valence-corrected chi connectivity index (χ1v) is 10.5. The van der Waals surface area contributed by atoms with Crippen LogP contribution in [-0.2, 0) is 6.54 Å². The van der Waals surface area contributed by atoms with Crippen LogP contribution in [0.2, 0.25) is 0 Å². The molecule has 1 aromatic carbocycles. The summed E-state index contributed by atoms with van der Waals surface area (Å²) in [7, 11) is 6.77. The van der Waals surface area contributed by atoms with Crippen LogP contribution in [0, 0.1) is 0 Å². The van der Waals surface area contributed by atoms with Gasteiger partial charge in [-0.25, -0.2) is 0 Å². The van der Waals surface area contributed by atoms with Gasteiger partial charge in [-0.05, 0) is 24.0 Å². The first-order valence-electron chi connectivity index (χ1n) is 9.12. The van der Waals surface area contributed by atoms with Crippen molar-refractivity contribution in [3.8, 4) is 17.2 Å². The molecule has 0 radical (unpaired) electrons. The van der Waals surface area contributed by atoms with Crippen LogP contribution in [0.4, 0.5) is 0 Å². The third kappa shape index (κ3) is 5.84. The van der Waals surface area contributed by atoms with E-state index in [1.807, 2.05) is 30.9 Å². The van der Waals surface area contributed by atoms with E-state index in [9.17, 15) is 0 Å². The molecule has 1 heterocycles. The molecule has 0 amide bonds. The molecule has 0 unspecified atom stereocenters. The Morgan fingerprint density at radius 3 is 2.19 bits per heavy atom. The van der Waals surface area contributed by atoms with Gasteiger partial charge in [-0.1, -0.05) is 0 Å². The molecule has 2 rings (SSSR count). The molecule has 0 spiro atoms. The molecule has 0 aromatic heterocycles. The van der Waals surface area contributed by atoms with Crippen molar-refractivity contribution >= 4 is 17.7 Å². The Labute approximate surface area is 167 Å². The van der Waals surface area contributed by atoms with Crippen molar-refractivity contribution < 1.29 is 14.2 Å². The molecule has 1 aliphatic rings. The lowest BCUT2D eigenvalue weighted by molar-refractivity contribution is 0.172. The fourth-order valence-corrected chi connectivity index (χ4v) is 3.51. The quantitative estimate of drug-likeness (QED) is 0.408. The molecule has 1 saturated heterocycles. The third-order valence-corrected chi connectivity index (χ3v) is 5.22. The summed E-state index contributed by atoms with van der Waals surface area (Å²) in [5.74, 6) is 4.11.